The van der Waals surface area contributed by atoms with E-state index in [2.05, 4.69) is 48.7 Å². The molecule has 0 heterocycles. The molecule has 2 aromatic rings. The first-order chi connectivity index (χ1) is 11.1. The van der Waals surface area contributed by atoms with Crippen LogP contribution in [0.4, 0.5) is 0 Å². The third-order valence-corrected chi connectivity index (χ3v) is 4.25. The van der Waals surface area contributed by atoms with Crippen LogP contribution in [0.5, 0.6) is 0 Å². The Morgan fingerprint density at radius 2 is 1.65 bits per heavy atom. The minimum absolute atomic E-state index is 0.177. The average Bonchev–Trinajstić information content (AvgIpc) is 2.55. The number of halogens is 1. The van der Waals surface area contributed by atoms with Gasteiger partial charge < -0.3 is 10.6 Å². The summed E-state index contributed by atoms with van der Waals surface area (Å²) in [5.74, 6) is 0. The summed E-state index contributed by atoms with van der Waals surface area (Å²) >= 11 is 11.3. The monoisotopic (exact) mass is 346 g/mol. The molecule has 2 nitrogen and oxygen atoms in total. The van der Waals surface area contributed by atoms with Gasteiger partial charge in [0.2, 0.25) is 0 Å². The Balaban J connectivity index is 1.82. The summed E-state index contributed by atoms with van der Waals surface area (Å²) in [4.78, 5) is 0. The molecule has 2 rings (SSSR count). The van der Waals surface area contributed by atoms with Crippen molar-refractivity contribution >= 4 is 28.9 Å². The summed E-state index contributed by atoms with van der Waals surface area (Å²) in [5.41, 5.74) is 3.77. The lowest BCUT2D eigenvalue weighted by Crippen LogP contribution is -2.36. The molecule has 2 N–H and O–H groups in total. The molecule has 0 aliphatic heterocycles. The van der Waals surface area contributed by atoms with E-state index in [9.17, 15) is 0 Å². The van der Waals surface area contributed by atoms with Crippen LogP contribution < -0.4 is 10.6 Å². The fourth-order valence-electron chi connectivity index (χ4n) is 2.38. The molecule has 0 amide bonds. The lowest BCUT2D eigenvalue weighted by Gasteiger charge is -2.18. The lowest BCUT2D eigenvalue weighted by atomic mass is 10.0. The quantitative estimate of drug-likeness (QED) is 0.718. The van der Waals surface area contributed by atoms with Gasteiger partial charge >= 0.3 is 0 Å². The second kappa shape index (κ2) is 8.90. The third kappa shape index (κ3) is 5.85. The van der Waals surface area contributed by atoms with Gasteiger partial charge in [-0.3, -0.25) is 0 Å². The van der Waals surface area contributed by atoms with Gasteiger partial charge in [-0.25, -0.2) is 0 Å². The van der Waals surface area contributed by atoms with Gasteiger partial charge in [0.25, 0.3) is 0 Å². The molecule has 0 aliphatic rings. The Morgan fingerprint density at radius 3 is 2.26 bits per heavy atom. The minimum atomic E-state index is 0.177. The molecule has 0 aliphatic carbocycles. The van der Waals surface area contributed by atoms with Gasteiger partial charge in [0, 0.05) is 11.6 Å². The van der Waals surface area contributed by atoms with Gasteiger partial charge in [0.1, 0.15) is 0 Å². The molecule has 1 atom stereocenters. The van der Waals surface area contributed by atoms with Gasteiger partial charge in [-0.05, 0) is 54.4 Å². The molecule has 0 bridgehead atoms. The van der Waals surface area contributed by atoms with Crippen molar-refractivity contribution in [1.82, 2.24) is 10.6 Å². The van der Waals surface area contributed by atoms with Crippen molar-refractivity contribution in [1.29, 1.82) is 0 Å². The molecule has 0 saturated carbocycles. The first kappa shape index (κ1) is 17.8. The van der Waals surface area contributed by atoms with Crippen molar-refractivity contribution in [3.63, 3.8) is 0 Å². The smallest absolute Gasteiger partial charge is 0.167 e. The highest BCUT2D eigenvalue weighted by molar-refractivity contribution is 7.80. The Hall–Kier alpha value is -1.58. The Bertz CT molecular complexity index is 623. The second-order valence-electron chi connectivity index (χ2n) is 5.67. The zero-order valence-electron chi connectivity index (χ0n) is 13.6. The molecular weight excluding hydrogens is 324 g/mol. The normalized spacial score (nSPS) is 11.8. The predicted octanol–water partition coefficient (Wildman–Crippen LogP) is 5.02. The van der Waals surface area contributed by atoms with Crippen molar-refractivity contribution < 1.29 is 0 Å². The molecule has 1 unspecified atom stereocenters. The molecule has 0 aromatic heterocycles. The molecule has 4 heteroatoms. The van der Waals surface area contributed by atoms with Crippen molar-refractivity contribution in [2.24, 2.45) is 0 Å². The summed E-state index contributed by atoms with van der Waals surface area (Å²) < 4.78 is 0. The molecular formula is C19H23ClN2S. The van der Waals surface area contributed by atoms with Crippen molar-refractivity contribution in [2.75, 3.05) is 0 Å². The maximum absolute atomic E-state index is 5.88. The Morgan fingerprint density at radius 1 is 1.04 bits per heavy atom. The van der Waals surface area contributed by atoms with E-state index in [-0.39, 0.29) is 6.04 Å². The summed E-state index contributed by atoms with van der Waals surface area (Å²) in [6, 6.07) is 16.7. The van der Waals surface area contributed by atoms with Crippen LogP contribution in [0.25, 0.3) is 0 Å². The van der Waals surface area contributed by atoms with Crippen molar-refractivity contribution in [3.05, 3.63) is 70.2 Å². The number of thiocarbonyl (C=S) groups is 1. The highest BCUT2D eigenvalue weighted by atomic mass is 35.5. The highest BCUT2D eigenvalue weighted by Crippen LogP contribution is 2.14. The average molecular weight is 347 g/mol. The fraction of sp³-hybridized carbons (Fsp3) is 0.316. The SMILES string of the molecule is CCCc1ccc(C(C)NC(=S)NCc2ccc(Cl)cc2)cc1. The third-order valence-electron chi connectivity index (χ3n) is 3.73. The van der Waals surface area contributed by atoms with Gasteiger partial charge in [-0.2, -0.15) is 0 Å². The van der Waals surface area contributed by atoms with Crippen molar-refractivity contribution in [2.45, 2.75) is 39.3 Å². The minimum Gasteiger partial charge on any atom is -0.359 e. The molecule has 2 aromatic carbocycles. The highest BCUT2D eigenvalue weighted by Gasteiger charge is 2.07. The second-order valence-corrected chi connectivity index (χ2v) is 6.51. The maximum Gasteiger partial charge on any atom is 0.167 e. The van der Waals surface area contributed by atoms with E-state index in [0.717, 1.165) is 17.0 Å². The van der Waals surface area contributed by atoms with Gasteiger partial charge in [0.15, 0.2) is 5.11 Å². The van der Waals surface area contributed by atoms with E-state index in [1.807, 2.05) is 24.3 Å². The summed E-state index contributed by atoms with van der Waals surface area (Å²) in [6.45, 7) is 5.00. The van der Waals surface area contributed by atoms with Crippen LogP contribution in [0, 0.1) is 0 Å². The molecule has 0 fully saturated rings. The molecule has 0 saturated heterocycles. The van der Waals surface area contributed by atoms with Crippen LogP contribution >= 0.6 is 23.8 Å². The number of hydrogen-bond acceptors (Lipinski definition) is 1. The zero-order chi connectivity index (χ0) is 16.7. The van der Waals surface area contributed by atoms with Gasteiger partial charge in [0.05, 0.1) is 6.04 Å². The van der Waals surface area contributed by atoms with Crippen LogP contribution in [0.1, 0.15) is 43.0 Å². The van der Waals surface area contributed by atoms with Crippen LogP contribution in [0.3, 0.4) is 0 Å². The van der Waals surface area contributed by atoms with E-state index < -0.39 is 0 Å². The zero-order valence-corrected chi connectivity index (χ0v) is 15.2. The molecule has 0 radical (unpaired) electrons. The van der Waals surface area contributed by atoms with Gasteiger partial charge in [-0.1, -0.05) is 61.3 Å². The number of benzene rings is 2. The van der Waals surface area contributed by atoms with Gasteiger partial charge in [-0.15, -0.1) is 0 Å². The van der Waals surface area contributed by atoms with E-state index in [1.165, 1.54) is 17.5 Å². The number of rotatable bonds is 6. The summed E-state index contributed by atoms with van der Waals surface area (Å²) in [7, 11) is 0. The largest absolute Gasteiger partial charge is 0.359 e. The summed E-state index contributed by atoms with van der Waals surface area (Å²) in [5, 5.41) is 7.95. The molecule has 23 heavy (non-hydrogen) atoms. The van der Waals surface area contributed by atoms with Crippen molar-refractivity contribution in [3.8, 4) is 0 Å². The van der Waals surface area contributed by atoms with Crippen LogP contribution in [0.15, 0.2) is 48.5 Å². The topological polar surface area (TPSA) is 24.1 Å². The lowest BCUT2D eigenvalue weighted by molar-refractivity contribution is 0.697. The van der Waals surface area contributed by atoms with Crippen LogP contribution in [-0.2, 0) is 13.0 Å². The summed E-state index contributed by atoms with van der Waals surface area (Å²) in [6.07, 6.45) is 2.30. The van der Waals surface area contributed by atoms with E-state index in [4.69, 9.17) is 23.8 Å². The first-order valence-corrected chi connectivity index (χ1v) is 8.74. The maximum atomic E-state index is 5.88. The molecule has 0 spiro atoms. The van der Waals surface area contributed by atoms with E-state index >= 15 is 0 Å². The Kier molecular flexibility index (Phi) is 6.87. The Labute approximate surface area is 149 Å². The number of hydrogen-bond donors (Lipinski definition) is 2. The van der Waals surface area contributed by atoms with E-state index in [1.54, 1.807) is 0 Å². The first-order valence-electron chi connectivity index (χ1n) is 7.96. The fourth-order valence-corrected chi connectivity index (χ4v) is 2.75. The number of nitrogens with one attached hydrogen (secondary N) is 2. The predicted molar refractivity (Wildman–Crippen MR) is 103 cm³/mol. The molecule has 122 valence electrons. The number of aryl methyl sites for hydroxylation is 1. The van der Waals surface area contributed by atoms with E-state index in [0.29, 0.717) is 11.7 Å². The van der Waals surface area contributed by atoms with Crippen LogP contribution in [0.2, 0.25) is 5.02 Å². The van der Waals surface area contributed by atoms with Crippen LogP contribution in [-0.4, -0.2) is 5.11 Å². The standard InChI is InChI=1S/C19H23ClN2S/c1-3-4-15-5-9-17(10-6-15)14(2)22-19(23)21-13-16-7-11-18(20)12-8-16/h5-12,14H,3-4,13H2,1-2H3,(H2,21,22,23).